The number of ether oxygens (including phenoxy) is 1. The number of urea groups is 1. The normalized spacial score (nSPS) is 11.1. The smallest absolute Gasteiger partial charge is 0.319 e. The van der Waals surface area contributed by atoms with E-state index in [1.165, 1.54) is 12.1 Å². The first-order valence-corrected chi connectivity index (χ1v) is 11.6. The number of hydrogen-bond donors (Lipinski definition) is 3. The van der Waals surface area contributed by atoms with Crippen LogP contribution in [0.3, 0.4) is 0 Å². The van der Waals surface area contributed by atoms with Gasteiger partial charge >= 0.3 is 6.03 Å². The van der Waals surface area contributed by atoms with Gasteiger partial charge < -0.3 is 15.4 Å². The van der Waals surface area contributed by atoms with Gasteiger partial charge in [0.25, 0.3) is 0 Å². The van der Waals surface area contributed by atoms with Gasteiger partial charge in [-0.15, -0.1) is 0 Å². The summed E-state index contributed by atoms with van der Waals surface area (Å²) in [6.45, 7) is 0.315. The van der Waals surface area contributed by atoms with Crippen molar-refractivity contribution in [3.05, 3.63) is 90.8 Å². The van der Waals surface area contributed by atoms with Crippen LogP contribution >= 0.6 is 0 Å². The van der Waals surface area contributed by atoms with Gasteiger partial charge in [-0.1, -0.05) is 30.3 Å². The minimum atomic E-state index is -3.80. The van der Waals surface area contributed by atoms with E-state index >= 15 is 0 Å². The molecular weight excluding hydrogens is 440 g/mol. The Labute approximate surface area is 191 Å². The summed E-state index contributed by atoms with van der Waals surface area (Å²) in [5, 5.41) is 11.9. The number of amides is 2. The number of anilines is 1. The molecule has 33 heavy (non-hydrogen) atoms. The zero-order valence-electron chi connectivity index (χ0n) is 17.8. The monoisotopic (exact) mass is 462 g/mol. The van der Waals surface area contributed by atoms with Crippen molar-refractivity contribution in [2.45, 2.75) is 16.3 Å². The molecule has 2 amide bonds. The Balaban J connectivity index is 1.54. The highest BCUT2D eigenvalue weighted by molar-refractivity contribution is 7.91. The van der Waals surface area contributed by atoms with E-state index < -0.39 is 15.9 Å². The van der Waals surface area contributed by atoms with Gasteiger partial charge in [-0.05, 0) is 48.0 Å². The highest BCUT2D eigenvalue weighted by Crippen LogP contribution is 2.33. The van der Waals surface area contributed by atoms with Crippen molar-refractivity contribution >= 4 is 21.6 Å². The molecule has 0 aliphatic carbocycles. The molecule has 1 heterocycles. The van der Waals surface area contributed by atoms with Gasteiger partial charge in [0.1, 0.15) is 5.75 Å². The average molecular weight is 463 g/mol. The molecule has 0 aliphatic rings. The maximum atomic E-state index is 13.4. The molecule has 0 saturated carbocycles. The number of sulfone groups is 1. The van der Waals surface area contributed by atoms with E-state index in [2.05, 4.69) is 20.8 Å². The Bertz CT molecular complexity index is 1350. The quantitative estimate of drug-likeness (QED) is 0.380. The molecule has 0 spiro atoms. The van der Waals surface area contributed by atoms with Crippen molar-refractivity contribution in [1.82, 2.24) is 15.5 Å². The molecule has 168 valence electrons. The largest absolute Gasteiger partial charge is 0.497 e. The van der Waals surface area contributed by atoms with Crippen LogP contribution in [0.25, 0.3) is 11.1 Å². The minimum Gasteiger partial charge on any atom is -0.497 e. The summed E-state index contributed by atoms with van der Waals surface area (Å²) in [5.41, 5.74) is 2.62. The van der Waals surface area contributed by atoms with E-state index in [0.29, 0.717) is 23.5 Å². The molecule has 4 rings (SSSR count). The minimum absolute atomic E-state index is 0.127. The van der Waals surface area contributed by atoms with E-state index in [9.17, 15) is 13.2 Å². The summed E-state index contributed by atoms with van der Waals surface area (Å²) in [4.78, 5) is 12.4. The number of H-pyrrole nitrogens is 1. The molecule has 8 nitrogen and oxygen atoms in total. The van der Waals surface area contributed by atoms with Crippen molar-refractivity contribution in [2.75, 3.05) is 12.4 Å². The Hall–Kier alpha value is -4.11. The summed E-state index contributed by atoms with van der Waals surface area (Å²) >= 11 is 0. The van der Waals surface area contributed by atoms with Crippen LogP contribution in [0.4, 0.5) is 10.5 Å². The predicted molar refractivity (Wildman–Crippen MR) is 125 cm³/mol. The summed E-state index contributed by atoms with van der Waals surface area (Å²) in [7, 11) is -2.24. The molecular formula is C24H22N4O4S. The van der Waals surface area contributed by atoms with Crippen molar-refractivity contribution in [3.63, 3.8) is 0 Å². The molecule has 0 unspecified atom stereocenters. The van der Waals surface area contributed by atoms with Crippen LogP contribution < -0.4 is 15.4 Å². The zero-order valence-corrected chi connectivity index (χ0v) is 18.6. The molecule has 0 radical (unpaired) electrons. The third-order valence-electron chi connectivity index (χ3n) is 4.99. The second kappa shape index (κ2) is 9.58. The molecule has 0 saturated heterocycles. The van der Waals surface area contributed by atoms with Crippen molar-refractivity contribution < 1.29 is 17.9 Å². The molecule has 3 N–H and O–H groups in total. The fourth-order valence-electron chi connectivity index (χ4n) is 3.31. The Morgan fingerprint density at radius 1 is 1.03 bits per heavy atom. The lowest BCUT2D eigenvalue weighted by Gasteiger charge is -2.12. The number of carbonyl (C=O) groups is 1. The number of aromatic nitrogens is 2. The van der Waals surface area contributed by atoms with Gasteiger partial charge in [0.15, 0.2) is 0 Å². The maximum Gasteiger partial charge on any atom is 0.319 e. The SMILES string of the molecule is COc1cccc(-c2ccccc2S(=O)(=O)c2ccc(NC(=O)NCc3cn[nH]c3)cc2)c1. The fraction of sp³-hybridized carbons (Fsp3) is 0.0833. The number of nitrogens with zero attached hydrogens (tertiary/aromatic N) is 1. The van der Waals surface area contributed by atoms with Crippen LogP contribution in [-0.4, -0.2) is 31.8 Å². The zero-order chi connectivity index (χ0) is 23.3. The second-order valence-electron chi connectivity index (χ2n) is 7.17. The molecule has 4 aromatic rings. The number of hydrogen-bond acceptors (Lipinski definition) is 5. The Morgan fingerprint density at radius 3 is 2.55 bits per heavy atom. The maximum absolute atomic E-state index is 13.4. The molecule has 3 aromatic carbocycles. The summed E-state index contributed by atoms with van der Waals surface area (Å²) in [6, 6.07) is 19.7. The molecule has 1 aromatic heterocycles. The number of rotatable bonds is 7. The van der Waals surface area contributed by atoms with Gasteiger partial charge in [0, 0.05) is 29.6 Å². The van der Waals surface area contributed by atoms with Crippen LogP contribution in [0.1, 0.15) is 5.56 Å². The van der Waals surface area contributed by atoms with Crippen LogP contribution in [0.15, 0.2) is 95.0 Å². The van der Waals surface area contributed by atoms with Gasteiger partial charge in [0.2, 0.25) is 9.84 Å². The van der Waals surface area contributed by atoms with Crippen molar-refractivity contribution in [2.24, 2.45) is 0 Å². The van der Waals surface area contributed by atoms with Crippen molar-refractivity contribution in [1.29, 1.82) is 0 Å². The van der Waals surface area contributed by atoms with E-state index in [4.69, 9.17) is 4.74 Å². The van der Waals surface area contributed by atoms with Gasteiger partial charge in [-0.3, -0.25) is 5.10 Å². The molecule has 9 heteroatoms. The predicted octanol–water partition coefficient (Wildman–Crippen LogP) is 4.24. The third kappa shape index (κ3) is 5.04. The molecule has 0 bridgehead atoms. The lowest BCUT2D eigenvalue weighted by Crippen LogP contribution is -2.28. The Morgan fingerprint density at radius 2 is 1.82 bits per heavy atom. The summed E-state index contributed by atoms with van der Waals surface area (Å²) < 4.78 is 32.1. The van der Waals surface area contributed by atoms with E-state index in [0.717, 1.165) is 11.1 Å². The standard InChI is InChI=1S/C24H22N4O4S/c1-32-20-6-4-5-18(13-20)22-7-2-3-8-23(22)33(30,31)21-11-9-19(10-12-21)28-24(29)25-14-17-15-26-27-16-17/h2-13,15-16H,14H2,1H3,(H,26,27)(H2,25,28,29). The first-order valence-electron chi connectivity index (χ1n) is 10.1. The fourth-order valence-corrected chi connectivity index (χ4v) is 4.79. The first kappa shape index (κ1) is 22.1. The third-order valence-corrected chi connectivity index (χ3v) is 6.82. The second-order valence-corrected chi connectivity index (χ2v) is 9.09. The van der Waals surface area contributed by atoms with Crippen LogP contribution in [0.5, 0.6) is 5.75 Å². The van der Waals surface area contributed by atoms with Gasteiger partial charge in [0.05, 0.1) is 23.1 Å². The average Bonchev–Trinajstić information content (AvgIpc) is 3.37. The number of methoxy groups -OCH3 is 1. The van der Waals surface area contributed by atoms with Crippen LogP contribution in [0.2, 0.25) is 0 Å². The first-order chi connectivity index (χ1) is 16.0. The van der Waals surface area contributed by atoms with Gasteiger partial charge in [-0.25, -0.2) is 13.2 Å². The van der Waals surface area contributed by atoms with Crippen LogP contribution in [-0.2, 0) is 16.4 Å². The molecule has 0 fully saturated rings. The van der Waals surface area contributed by atoms with Crippen LogP contribution in [0, 0.1) is 0 Å². The van der Waals surface area contributed by atoms with Gasteiger partial charge in [-0.2, -0.15) is 5.10 Å². The number of aromatic amines is 1. The number of carbonyl (C=O) groups excluding carboxylic acids is 1. The summed E-state index contributed by atoms with van der Waals surface area (Å²) in [6.07, 6.45) is 3.30. The topological polar surface area (TPSA) is 113 Å². The summed E-state index contributed by atoms with van der Waals surface area (Å²) in [5.74, 6) is 0.640. The number of nitrogens with one attached hydrogen (secondary N) is 3. The number of benzene rings is 3. The lowest BCUT2D eigenvalue weighted by atomic mass is 10.1. The molecule has 0 aliphatic heterocycles. The lowest BCUT2D eigenvalue weighted by molar-refractivity contribution is 0.251. The van der Waals surface area contributed by atoms with E-state index in [1.54, 1.807) is 68.0 Å². The molecule has 0 atom stereocenters. The van der Waals surface area contributed by atoms with Crippen molar-refractivity contribution in [3.8, 4) is 16.9 Å². The highest BCUT2D eigenvalue weighted by Gasteiger charge is 2.22. The van der Waals surface area contributed by atoms with E-state index in [-0.39, 0.29) is 9.79 Å². The highest BCUT2D eigenvalue weighted by atomic mass is 32.2. The van der Waals surface area contributed by atoms with E-state index in [1.807, 2.05) is 12.1 Å². The Kier molecular flexibility index (Phi) is 6.41.